The summed E-state index contributed by atoms with van der Waals surface area (Å²) in [5, 5.41) is 0. The van der Waals surface area contributed by atoms with E-state index in [9.17, 15) is 18.8 Å². The third-order valence-electron chi connectivity index (χ3n) is 4.49. The smallest absolute Gasteiger partial charge is 0.332 e. The van der Waals surface area contributed by atoms with Crippen LogP contribution in [-0.2, 0) is 20.1 Å². The number of hydrogen-bond acceptors (Lipinski definition) is 5. The lowest BCUT2D eigenvalue weighted by molar-refractivity contribution is -0.884. The van der Waals surface area contributed by atoms with Crippen molar-refractivity contribution in [3.05, 3.63) is 56.0 Å². The third kappa shape index (κ3) is 4.30. The average Bonchev–Trinajstić information content (AvgIpc) is 2.63. The van der Waals surface area contributed by atoms with Gasteiger partial charge in [0.05, 0.1) is 14.2 Å². The van der Waals surface area contributed by atoms with E-state index in [4.69, 9.17) is 10.5 Å². The van der Waals surface area contributed by atoms with Gasteiger partial charge in [-0.2, -0.15) is 0 Å². The van der Waals surface area contributed by atoms with Gasteiger partial charge in [0.2, 0.25) is 5.78 Å². The van der Waals surface area contributed by atoms with Gasteiger partial charge in [0.25, 0.3) is 5.56 Å². The Bertz CT molecular complexity index is 997. The fraction of sp³-hybridized carbons (Fsp3) is 0.421. The summed E-state index contributed by atoms with van der Waals surface area (Å²) < 4.78 is 20.9. The van der Waals surface area contributed by atoms with Crippen LogP contribution in [0, 0.1) is 5.82 Å². The maximum Gasteiger partial charge on any atom is 0.332 e. The van der Waals surface area contributed by atoms with E-state index in [1.165, 1.54) is 30.9 Å². The molecule has 2 rings (SSSR count). The Morgan fingerprint density at radius 2 is 2.00 bits per heavy atom. The van der Waals surface area contributed by atoms with E-state index in [2.05, 4.69) is 0 Å². The van der Waals surface area contributed by atoms with Gasteiger partial charge in [-0.25, -0.2) is 9.18 Å². The van der Waals surface area contributed by atoms with Crippen LogP contribution >= 0.6 is 0 Å². The zero-order valence-corrected chi connectivity index (χ0v) is 16.5. The molecule has 0 bridgehead atoms. The number of aromatic nitrogens is 2. The normalized spacial score (nSPS) is 12.0. The standard InChI is InChI=1S/C19H25FN4O4/c1-5-8-24-17(21)16(18(26)23(3)19(24)27)14(25)11-22(2)10-12-6-7-15(28-4)13(20)9-12/h6-7,9H,5,8,10-11,21H2,1-4H3/p+1. The van der Waals surface area contributed by atoms with E-state index >= 15 is 0 Å². The van der Waals surface area contributed by atoms with Crippen LogP contribution in [0.3, 0.4) is 0 Å². The first kappa shape index (κ1) is 21.4. The molecule has 1 aromatic carbocycles. The molecule has 28 heavy (non-hydrogen) atoms. The summed E-state index contributed by atoms with van der Waals surface area (Å²) in [6.45, 7) is 2.51. The summed E-state index contributed by atoms with van der Waals surface area (Å²) in [6.07, 6.45) is 0.629. The molecular formula is C19H26FN4O4+. The summed E-state index contributed by atoms with van der Waals surface area (Å²) in [5.41, 5.74) is 5.22. The van der Waals surface area contributed by atoms with Gasteiger partial charge < -0.3 is 15.4 Å². The highest BCUT2D eigenvalue weighted by Gasteiger charge is 2.24. The number of carbonyl (C=O) groups excluding carboxylic acids is 1. The summed E-state index contributed by atoms with van der Waals surface area (Å²) in [7, 11) is 4.46. The Hall–Kier alpha value is -2.94. The lowest BCUT2D eigenvalue weighted by Gasteiger charge is -2.16. The number of rotatable bonds is 8. The largest absolute Gasteiger partial charge is 0.494 e. The molecule has 9 heteroatoms. The molecule has 0 aliphatic carbocycles. The molecule has 2 aromatic rings. The number of nitrogen functional groups attached to an aromatic ring is 1. The minimum absolute atomic E-state index is 0.0303. The minimum atomic E-state index is -0.705. The van der Waals surface area contributed by atoms with Gasteiger partial charge in [0, 0.05) is 19.2 Å². The highest BCUT2D eigenvalue weighted by molar-refractivity contribution is 6.00. The summed E-state index contributed by atoms with van der Waals surface area (Å²) in [4.78, 5) is 38.1. The highest BCUT2D eigenvalue weighted by atomic mass is 19.1. The molecule has 0 aliphatic rings. The van der Waals surface area contributed by atoms with Crippen LogP contribution < -0.4 is 26.6 Å². The summed E-state index contributed by atoms with van der Waals surface area (Å²) >= 11 is 0. The molecule has 0 saturated carbocycles. The molecular weight excluding hydrogens is 367 g/mol. The molecule has 1 atom stereocenters. The van der Waals surface area contributed by atoms with Crippen molar-refractivity contribution in [3.63, 3.8) is 0 Å². The van der Waals surface area contributed by atoms with Gasteiger partial charge in [-0.15, -0.1) is 0 Å². The number of benzene rings is 1. The number of hydrogen-bond donors (Lipinski definition) is 2. The van der Waals surface area contributed by atoms with E-state index in [0.717, 1.165) is 9.47 Å². The molecule has 1 unspecified atom stereocenters. The van der Waals surface area contributed by atoms with E-state index in [0.29, 0.717) is 25.1 Å². The third-order valence-corrected chi connectivity index (χ3v) is 4.49. The van der Waals surface area contributed by atoms with Crippen LogP contribution in [0.2, 0.25) is 0 Å². The molecule has 152 valence electrons. The maximum atomic E-state index is 13.8. The lowest BCUT2D eigenvalue weighted by atomic mass is 10.1. The second-order valence-corrected chi connectivity index (χ2v) is 6.76. The number of anilines is 1. The Morgan fingerprint density at radius 3 is 2.57 bits per heavy atom. The number of ether oxygens (including phenoxy) is 1. The van der Waals surface area contributed by atoms with Crippen molar-refractivity contribution in [2.75, 3.05) is 26.4 Å². The first-order chi connectivity index (χ1) is 13.2. The Labute approximate surface area is 161 Å². The lowest BCUT2D eigenvalue weighted by Crippen LogP contribution is -3.08. The predicted octanol–water partition coefficient (Wildman–Crippen LogP) is -0.415. The highest BCUT2D eigenvalue weighted by Crippen LogP contribution is 2.17. The summed E-state index contributed by atoms with van der Waals surface area (Å²) in [5.74, 6) is -0.909. The number of carbonyl (C=O) groups is 1. The number of halogens is 1. The van der Waals surface area contributed by atoms with Crippen molar-refractivity contribution < 1.29 is 18.8 Å². The fourth-order valence-electron chi connectivity index (χ4n) is 3.08. The van der Waals surface area contributed by atoms with Gasteiger partial charge in [-0.1, -0.05) is 6.92 Å². The van der Waals surface area contributed by atoms with E-state index in [-0.39, 0.29) is 23.7 Å². The van der Waals surface area contributed by atoms with Gasteiger partial charge >= 0.3 is 5.69 Å². The Balaban J connectivity index is 2.26. The molecule has 0 saturated heterocycles. The predicted molar refractivity (Wildman–Crippen MR) is 103 cm³/mol. The Kier molecular flexibility index (Phi) is 6.74. The molecule has 3 N–H and O–H groups in total. The topological polar surface area (TPSA) is 101 Å². The number of quaternary nitrogens is 1. The zero-order valence-electron chi connectivity index (χ0n) is 16.5. The molecule has 1 aromatic heterocycles. The molecule has 0 fully saturated rings. The van der Waals surface area contributed by atoms with Crippen molar-refractivity contribution in [3.8, 4) is 5.75 Å². The molecule has 8 nitrogen and oxygen atoms in total. The number of likely N-dealkylation sites (N-methyl/N-ethyl adjacent to an activating group) is 1. The fourth-order valence-corrected chi connectivity index (χ4v) is 3.08. The average molecular weight is 393 g/mol. The molecule has 1 heterocycles. The first-order valence-electron chi connectivity index (χ1n) is 8.97. The van der Waals surface area contributed by atoms with E-state index < -0.39 is 22.8 Å². The van der Waals surface area contributed by atoms with Gasteiger partial charge in [0.1, 0.15) is 24.5 Å². The van der Waals surface area contributed by atoms with Gasteiger partial charge in [0.15, 0.2) is 11.6 Å². The van der Waals surface area contributed by atoms with Gasteiger partial charge in [-0.05, 0) is 24.6 Å². The van der Waals surface area contributed by atoms with Gasteiger partial charge in [-0.3, -0.25) is 18.7 Å². The molecule has 0 aliphatic heterocycles. The number of nitrogens with zero attached hydrogens (tertiary/aromatic N) is 2. The van der Waals surface area contributed by atoms with Crippen LogP contribution in [0.25, 0.3) is 0 Å². The van der Waals surface area contributed by atoms with Crippen LogP contribution in [0.5, 0.6) is 5.75 Å². The Morgan fingerprint density at radius 1 is 1.32 bits per heavy atom. The van der Waals surface area contributed by atoms with Crippen molar-refractivity contribution in [2.24, 2.45) is 7.05 Å². The summed E-state index contributed by atoms with van der Waals surface area (Å²) in [6, 6.07) is 4.58. The van der Waals surface area contributed by atoms with Crippen LogP contribution in [0.1, 0.15) is 29.3 Å². The monoisotopic (exact) mass is 393 g/mol. The number of ketones is 1. The second kappa shape index (κ2) is 8.83. The van der Waals surface area contributed by atoms with Crippen molar-refractivity contribution in [1.82, 2.24) is 9.13 Å². The number of nitrogens with one attached hydrogen (secondary N) is 1. The van der Waals surface area contributed by atoms with Crippen molar-refractivity contribution >= 4 is 11.6 Å². The van der Waals surface area contributed by atoms with E-state index in [1.807, 2.05) is 6.92 Å². The number of methoxy groups -OCH3 is 1. The van der Waals surface area contributed by atoms with Crippen molar-refractivity contribution in [1.29, 1.82) is 0 Å². The first-order valence-corrected chi connectivity index (χ1v) is 8.97. The maximum absolute atomic E-state index is 13.8. The van der Waals surface area contributed by atoms with E-state index in [1.54, 1.807) is 13.1 Å². The van der Waals surface area contributed by atoms with Crippen LogP contribution in [0.4, 0.5) is 10.2 Å². The van der Waals surface area contributed by atoms with Crippen LogP contribution in [-0.4, -0.2) is 35.6 Å². The van der Waals surface area contributed by atoms with Crippen LogP contribution in [0.15, 0.2) is 27.8 Å². The minimum Gasteiger partial charge on any atom is -0.494 e. The quantitative estimate of drug-likeness (QED) is 0.594. The molecule has 0 spiro atoms. The number of Topliss-reactive ketones (excluding diaryl/α,β-unsaturated/α-hetero) is 1. The van der Waals surface area contributed by atoms with Crippen molar-refractivity contribution in [2.45, 2.75) is 26.4 Å². The second-order valence-electron chi connectivity index (χ2n) is 6.76. The number of nitrogens with two attached hydrogens (primary N) is 1. The SMILES string of the molecule is CCCn1c(N)c(C(=O)C[NH+](C)Cc2ccc(OC)c(F)c2)c(=O)n(C)c1=O. The zero-order chi connectivity index (χ0) is 21.0. The molecule has 0 radical (unpaired) electrons. The molecule has 0 amide bonds.